The fourth-order valence-corrected chi connectivity index (χ4v) is 5.79. The van der Waals surface area contributed by atoms with Crippen molar-refractivity contribution in [3.05, 3.63) is 70.6 Å². The first-order valence-electron chi connectivity index (χ1n) is 11.8. The lowest BCUT2D eigenvalue weighted by molar-refractivity contribution is 0.0692. The Morgan fingerprint density at radius 3 is 2.59 bits per heavy atom. The number of pyridine rings is 1. The largest absolute Gasteiger partial charge is 0.480 e. The molecule has 3 heterocycles. The minimum absolute atomic E-state index is 0.0399. The second-order valence-electron chi connectivity index (χ2n) is 8.87. The number of sulfonamides is 1. The Bertz CT molecular complexity index is 1650. The first-order valence-corrected chi connectivity index (χ1v) is 13.3. The Labute approximate surface area is 214 Å². The molecule has 1 aliphatic heterocycles. The van der Waals surface area contributed by atoms with E-state index >= 15 is 0 Å². The number of fused-ring (bicyclic) bond motifs is 1. The normalized spacial score (nSPS) is 14.5. The van der Waals surface area contributed by atoms with Crippen LogP contribution in [0.5, 0.6) is 5.88 Å². The fourth-order valence-electron chi connectivity index (χ4n) is 4.51. The zero-order valence-electron chi connectivity index (χ0n) is 20.5. The Morgan fingerprint density at radius 2 is 1.86 bits per heavy atom. The second-order valence-corrected chi connectivity index (χ2v) is 10.5. The van der Waals surface area contributed by atoms with Gasteiger partial charge in [0.15, 0.2) is 0 Å². The van der Waals surface area contributed by atoms with Crippen LogP contribution in [0.25, 0.3) is 22.0 Å². The highest BCUT2D eigenvalue weighted by atomic mass is 32.2. The van der Waals surface area contributed by atoms with Gasteiger partial charge >= 0.3 is 0 Å². The fraction of sp³-hybridized carbons (Fsp3) is 0.269. The molecule has 10 nitrogen and oxygen atoms in total. The molecular weight excluding hydrogens is 494 g/mol. The summed E-state index contributed by atoms with van der Waals surface area (Å²) in [4.78, 5) is 22.0. The standard InChI is InChI=1S/C26H27N5O5S/c1-16-5-3-4-6-21(16)30-37(33,34)23-14-18(15-28-24(23)35-2)17-7-8-22-20(13-17)25(32)31(26(27)29-22)19-9-11-36-12-10-19/h3-8,13-15,19,30H,9-12H2,1-2H3,(H2,27,29). The number of anilines is 2. The van der Waals surface area contributed by atoms with Crippen LogP contribution in [-0.2, 0) is 14.8 Å². The van der Waals surface area contributed by atoms with Crippen LogP contribution in [0.1, 0.15) is 24.4 Å². The maximum atomic E-state index is 13.5. The molecule has 3 N–H and O–H groups in total. The van der Waals surface area contributed by atoms with Gasteiger partial charge in [-0.2, -0.15) is 0 Å². The van der Waals surface area contributed by atoms with E-state index in [1.54, 1.807) is 30.3 Å². The molecule has 2 aromatic carbocycles. The first kappa shape index (κ1) is 24.7. The highest BCUT2D eigenvalue weighted by Gasteiger charge is 2.24. The monoisotopic (exact) mass is 521 g/mol. The zero-order valence-corrected chi connectivity index (χ0v) is 21.3. The van der Waals surface area contributed by atoms with Crippen molar-refractivity contribution < 1.29 is 17.9 Å². The van der Waals surface area contributed by atoms with Crippen molar-refractivity contribution in [1.29, 1.82) is 0 Å². The highest BCUT2D eigenvalue weighted by molar-refractivity contribution is 7.92. The third-order valence-corrected chi connectivity index (χ3v) is 7.87. The lowest BCUT2D eigenvalue weighted by Crippen LogP contribution is -2.31. The van der Waals surface area contributed by atoms with Crippen LogP contribution < -0.4 is 20.8 Å². The number of ether oxygens (including phenoxy) is 2. The Hall–Kier alpha value is -3.96. The van der Waals surface area contributed by atoms with E-state index in [9.17, 15) is 13.2 Å². The zero-order chi connectivity index (χ0) is 26.2. The predicted octanol–water partition coefficient (Wildman–Crippen LogP) is 3.51. The molecule has 4 aromatic rings. The molecule has 0 radical (unpaired) electrons. The van der Waals surface area contributed by atoms with E-state index in [0.29, 0.717) is 53.8 Å². The van der Waals surface area contributed by atoms with Crippen LogP contribution in [0, 0.1) is 6.92 Å². The Balaban J connectivity index is 1.59. The van der Waals surface area contributed by atoms with Gasteiger partial charge in [0.1, 0.15) is 4.90 Å². The molecule has 0 saturated carbocycles. The molecule has 1 aliphatic rings. The molecule has 0 aliphatic carbocycles. The van der Waals surface area contributed by atoms with Gasteiger partial charge in [-0.1, -0.05) is 24.3 Å². The predicted molar refractivity (Wildman–Crippen MR) is 141 cm³/mol. The third-order valence-electron chi connectivity index (χ3n) is 6.51. The van der Waals surface area contributed by atoms with Gasteiger partial charge in [-0.15, -0.1) is 0 Å². The molecule has 1 saturated heterocycles. The molecule has 0 atom stereocenters. The summed E-state index contributed by atoms with van der Waals surface area (Å²) < 4.78 is 41.5. The van der Waals surface area contributed by atoms with E-state index in [1.807, 2.05) is 19.1 Å². The van der Waals surface area contributed by atoms with Gasteiger partial charge in [-0.3, -0.25) is 14.1 Å². The summed E-state index contributed by atoms with van der Waals surface area (Å²) in [6.45, 7) is 2.92. The summed E-state index contributed by atoms with van der Waals surface area (Å²) in [6, 6.07) is 13.6. The number of aryl methyl sites for hydroxylation is 1. The van der Waals surface area contributed by atoms with E-state index < -0.39 is 10.0 Å². The lowest BCUT2D eigenvalue weighted by atomic mass is 10.0. The average Bonchev–Trinajstić information content (AvgIpc) is 2.90. The number of methoxy groups -OCH3 is 1. The first-order chi connectivity index (χ1) is 17.8. The highest BCUT2D eigenvalue weighted by Crippen LogP contribution is 2.31. The number of aromatic nitrogens is 3. The van der Waals surface area contributed by atoms with Crippen molar-refractivity contribution in [3.63, 3.8) is 0 Å². The lowest BCUT2D eigenvalue weighted by Gasteiger charge is -2.25. The maximum Gasteiger partial charge on any atom is 0.267 e. The number of nitrogens with zero attached hydrogens (tertiary/aromatic N) is 3. The number of nitrogen functional groups attached to an aromatic ring is 1. The number of para-hydroxylation sites is 1. The number of nitrogens with one attached hydrogen (secondary N) is 1. The average molecular weight is 522 g/mol. The molecule has 1 fully saturated rings. The van der Waals surface area contributed by atoms with Gasteiger partial charge in [0, 0.05) is 31.0 Å². The Kier molecular flexibility index (Phi) is 6.57. The van der Waals surface area contributed by atoms with Crippen molar-refractivity contribution in [1.82, 2.24) is 14.5 Å². The molecule has 192 valence electrons. The number of hydrogen-bond acceptors (Lipinski definition) is 8. The number of hydrogen-bond donors (Lipinski definition) is 2. The summed E-state index contributed by atoms with van der Waals surface area (Å²) >= 11 is 0. The van der Waals surface area contributed by atoms with E-state index in [0.717, 1.165) is 5.56 Å². The molecule has 37 heavy (non-hydrogen) atoms. The molecule has 2 aromatic heterocycles. The van der Waals surface area contributed by atoms with Gasteiger partial charge in [0.25, 0.3) is 15.6 Å². The quantitative estimate of drug-likeness (QED) is 0.393. The Morgan fingerprint density at radius 1 is 1.11 bits per heavy atom. The van der Waals surface area contributed by atoms with Crippen LogP contribution in [0.3, 0.4) is 0 Å². The molecule has 5 rings (SSSR count). The van der Waals surface area contributed by atoms with Gasteiger partial charge in [-0.05, 0) is 55.2 Å². The minimum Gasteiger partial charge on any atom is -0.480 e. The number of nitrogens with two attached hydrogens (primary N) is 1. The van der Waals surface area contributed by atoms with Crippen molar-refractivity contribution >= 4 is 32.6 Å². The van der Waals surface area contributed by atoms with Crippen molar-refractivity contribution in [3.8, 4) is 17.0 Å². The molecule has 0 bridgehead atoms. The van der Waals surface area contributed by atoms with Crippen molar-refractivity contribution in [2.75, 3.05) is 30.8 Å². The van der Waals surface area contributed by atoms with Gasteiger partial charge in [0.05, 0.1) is 23.7 Å². The van der Waals surface area contributed by atoms with Crippen LogP contribution in [0.2, 0.25) is 0 Å². The van der Waals surface area contributed by atoms with E-state index in [1.165, 1.54) is 23.9 Å². The SMILES string of the molecule is COc1ncc(-c2ccc3nc(N)n(C4CCOCC4)c(=O)c3c2)cc1S(=O)(=O)Nc1ccccc1C. The minimum atomic E-state index is -4.03. The summed E-state index contributed by atoms with van der Waals surface area (Å²) in [5.74, 6) is 0.126. The number of benzene rings is 2. The molecule has 0 amide bonds. The third kappa shape index (κ3) is 4.75. The van der Waals surface area contributed by atoms with Gasteiger partial charge in [-0.25, -0.2) is 18.4 Å². The van der Waals surface area contributed by atoms with E-state index in [-0.39, 0.29) is 28.3 Å². The van der Waals surface area contributed by atoms with E-state index in [4.69, 9.17) is 15.2 Å². The summed E-state index contributed by atoms with van der Waals surface area (Å²) in [5, 5.41) is 0.386. The van der Waals surface area contributed by atoms with Crippen LogP contribution in [0.4, 0.5) is 11.6 Å². The smallest absolute Gasteiger partial charge is 0.267 e. The van der Waals surface area contributed by atoms with Gasteiger partial charge in [0.2, 0.25) is 11.8 Å². The molecule has 11 heteroatoms. The molecular formula is C26H27N5O5S. The van der Waals surface area contributed by atoms with Gasteiger partial charge < -0.3 is 15.2 Å². The summed E-state index contributed by atoms with van der Waals surface area (Å²) in [5.41, 5.74) is 8.71. The summed E-state index contributed by atoms with van der Waals surface area (Å²) in [6.07, 6.45) is 2.86. The topological polar surface area (TPSA) is 138 Å². The summed E-state index contributed by atoms with van der Waals surface area (Å²) in [7, 11) is -2.67. The number of rotatable bonds is 6. The van der Waals surface area contributed by atoms with Crippen molar-refractivity contribution in [2.24, 2.45) is 0 Å². The molecule has 0 spiro atoms. The molecule has 0 unspecified atom stereocenters. The van der Waals surface area contributed by atoms with Crippen LogP contribution in [-0.4, -0.2) is 43.3 Å². The second kappa shape index (κ2) is 9.83. The van der Waals surface area contributed by atoms with Crippen LogP contribution in [0.15, 0.2) is 64.4 Å². The maximum absolute atomic E-state index is 13.5. The van der Waals surface area contributed by atoms with E-state index in [2.05, 4.69) is 14.7 Å². The van der Waals surface area contributed by atoms with Crippen molar-refractivity contribution in [2.45, 2.75) is 30.7 Å². The van der Waals surface area contributed by atoms with Crippen LogP contribution >= 0.6 is 0 Å².